The number of para-hydroxylation sites is 1. The molecular weight excluding hydrogens is 365 g/mol. The van der Waals surface area contributed by atoms with E-state index < -0.39 is 15.8 Å². The van der Waals surface area contributed by atoms with E-state index in [1.54, 1.807) is 42.5 Å². The zero-order valence-corrected chi connectivity index (χ0v) is 15.2. The van der Waals surface area contributed by atoms with Crippen molar-refractivity contribution in [3.8, 4) is 6.07 Å². The average Bonchev–Trinajstić information content (AvgIpc) is 2.65. The van der Waals surface area contributed by atoms with Crippen LogP contribution < -0.4 is 10.0 Å². The Balaban J connectivity index is 1.77. The Kier molecular flexibility index (Phi) is 5.10. The molecule has 0 heterocycles. The largest absolute Gasteiger partial charge is 0.354 e. The zero-order valence-electron chi connectivity index (χ0n) is 14.4. The molecule has 0 aliphatic rings. The lowest BCUT2D eigenvalue weighted by atomic mass is 10.2. The van der Waals surface area contributed by atoms with Gasteiger partial charge in [0.15, 0.2) is 0 Å². The number of anilines is 3. The highest BCUT2D eigenvalue weighted by Crippen LogP contribution is 2.23. The molecule has 0 radical (unpaired) electrons. The second-order valence-corrected chi connectivity index (χ2v) is 7.56. The average molecular weight is 381 g/mol. The summed E-state index contributed by atoms with van der Waals surface area (Å²) >= 11 is 0. The first-order chi connectivity index (χ1) is 12.9. The van der Waals surface area contributed by atoms with Crippen LogP contribution in [0.25, 0.3) is 0 Å². The third-order valence-electron chi connectivity index (χ3n) is 3.90. The van der Waals surface area contributed by atoms with Crippen LogP contribution in [0.2, 0.25) is 0 Å². The summed E-state index contributed by atoms with van der Waals surface area (Å²) in [5.74, 6) is -0.456. The van der Waals surface area contributed by atoms with E-state index in [0.717, 1.165) is 6.07 Å². The number of benzene rings is 3. The first-order valence-electron chi connectivity index (χ1n) is 8.04. The Morgan fingerprint density at radius 1 is 0.963 bits per heavy atom. The van der Waals surface area contributed by atoms with Crippen molar-refractivity contribution in [1.82, 2.24) is 0 Å². The summed E-state index contributed by atoms with van der Waals surface area (Å²) in [6, 6.07) is 19.4. The Bertz CT molecular complexity index is 1120. The van der Waals surface area contributed by atoms with Crippen molar-refractivity contribution in [2.45, 2.75) is 11.8 Å². The summed E-state index contributed by atoms with van der Waals surface area (Å²) in [5.41, 5.74) is 2.51. The maximum atomic E-state index is 13.3. The number of nitriles is 1. The summed E-state index contributed by atoms with van der Waals surface area (Å²) in [7, 11) is -3.82. The van der Waals surface area contributed by atoms with Crippen molar-refractivity contribution in [2.24, 2.45) is 0 Å². The fraction of sp³-hybridized carbons (Fsp3) is 0.0500. The molecule has 0 bridgehead atoms. The van der Waals surface area contributed by atoms with Gasteiger partial charge in [0.25, 0.3) is 10.0 Å². The minimum Gasteiger partial charge on any atom is -0.354 e. The molecule has 3 rings (SSSR count). The Morgan fingerprint density at radius 2 is 1.63 bits per heavy atom. The van der Waals surface area contributed by atoms with Crippen LogP contribution in [0.5, 0.6) is 0 Å². The number of aryl methyl sites for hydroxylation is 1. The second kappa shape index (κ2) is 7.48. The molecule has 3 aromatic rings. The summed E-state index contributed by atoms with van der Waals surface area (Å²) in [5, 5.41) is 12.2. The van der Waals surface area contributed by atoms with Crippen molar-refractivity contribution in [2.75, 3.05) is 10.0 Å². The van der Waals surface area contributed by atoms with E-state index in [0.29, 0.717) is 22.6 Å². The smallest absolute Gasteiger partial charge is 0.261 e. The van der Waals surface area contributed by atoms with Crippen LogP contribution in [0.4, 0.5) is 21.5 Å². The number of nitrogens with one attached hydrogen (secondary N) is 2. The van der Waals surface area contributed by atoms with Gasteiger partial charge in [-0.05, 0) is 67.1 Å². The molecule has 0 amide bonds. The number of rotatable bonds is 5. The van der Waals surface area contributed by atoms with Gasteiger partial charge in [-0.1, -0.05) is 12.1 Å². The minimum absolute atomic E-state index is 0.00782. The SMILES string of the molecule is Cc1cc(S(=O)(=O)Nc2ccc(Nc3ccccc3C#N)cc2)ccc1F. The fourth-order valence-electron chi connectivity index (χ4n) is 2.47. The fourth-order valence-corrected chi connectivity index (χ4v) is 3.61. The van der Waals surface area contributed by atoms with E-state index in [2.05, 4.69) is 16.1 Å². The molecule has 0 aliphatic carbocycles. The third-order valence-corrected chi connectivity index (χ3v) is 5.28. The van der Waals surface area contributed by atoms with Crippen LogP contribution in [0.1, 0.15) is 11.1 Å². The van der Waals surface area contributed by atoms with Crippen LogP contribution in [-0.4, -0.2) is 8.42 Å². The first-order valence-corrected chi connectivity index (χ1v) is 9.52. The topological polar surface area (TPSA) is 82.0 Å². The highest BCUT2D eigenvalue weighted by Gasteiger charge is 2.15. The van der Waals surface area contributed by atoms with Crippen LogP contribution >= 0.6 is 0 Å². The van der Waals surface area contributed by atoms with Gasteiger partial charge in [0, 0.05) is 11.4 Å². The quantitative estimate of drug-likeness (QED) is 0.679. The molecule has 0 unspecified atom stereocenters. The highest BCUT2D eigenvalue weighted by molar-refractivity contribution is 7.92. The lowest BCUT2D eigenvalue weighted by molar-refractivity contribution is 0.598. The highest BCUT2D eigenvalue weighted by atomic mass is 32.2. The molecule has 136 valence electrons. The number of sulfonamides is 1. The number of hydrogen-bond acceptors (Lipinski definition) is 4. The lowest BCUT2D eigenvalue weighted by Gasteiger charge is -2.11. The van der Waals surface area contributed by atoms with Crippen molar-refractivity contribution in [3.63, 3.8) is 0 Å². The van der Waals surface area contributed by atoms with Crippen molar-refractivity contribution in [3.05, 3.63) is 83.7 Å². The van der Waals surface area contributed by atoms with E-state index in [1.165, 1.54) is 19.1 Å². The van der Waals surface area contributed by atoms with Gasteiger partial charge in [0.1, 0.15) is 11.9 Å². The standard InChI is InChI=1S/C20H16FN3O2S/c1-14-12-18(10-11-19(14)21)27(25,26)24-17-8-6-16(7-9-17)23-20-5-3-2-4-15(20)13-22/h2-12,23-24H,1H3. The third kappa shape index (κ3) is 4.25. The van der Waals surface area contributed by atoms with Crippen molar-refractivity contribution >= 4 is 27.1 Å². The van der Waals surface area contributed by atoms with Gasteiger partial charge in [-0.25, -0.2) is 12.8 Å². The van der Waals surface area contributed by atoms with Crippen LogP contribution in [0, 0.1) is 24.1 Å². The summed E-state index contributed by atoms with van der Waals surface area (Å²) in [4.78, 5) is -0.00782. The van der Waals surface area contributed by atoms with Crippen LogP contribution in [-0.2, 0) is 10.0 Å². The minimum atomic E-state index is -3.82. The van der Waals surface area contributed by atoms with Gasteiger partial charge < -0.3 is 5.32 Å². The molecule has 0 fully saturated rings. The summed E-state index contributed by atoms with van der Waals surface area (Å²) in [6.07, 6.45) is 0. The summed E-state index contributed by atoms with van der Waals surface area (Å²) in [6.45, 7) is 1.51. The van der Waals surface area contributed by atoms with Crippen molar-refractivity contribution < 1.29 is 12.8 Å². The molecule has 27 heavy (non-hydrogen) atoms. The number of nitrogens with zero attached hydrogens (tertiary/aromatic N) is 1. The molecule has 0 spiro atoms. The Hall–Kier alpha value is -3.37. The van der Waals surface area contributed by atoms with E-state index in [-0.39, 0.29) is 10.5 Å². The molecule has 3 aromatic carbocycles. The second-order valence-electron chi connectivity index (χ2n) is 5.88. The van der Waals surface area contributed by atoms with Gasteiger partial charge in [0.05, 0.1) is 16.1 Å². The summed E-state index contributed by atoms with van der Waals surface area (Å²) < 4.78 is 40.7. The van der Waals surface area contributed by atoms with Gasteiger partial charge in [-0.2, -0.15) is 5.26 Å². The maximum Gasteiger partial charge on any atom is 0.261 e. The van der Waals surface area contributed by atoms with E-state index in [4.69, 9.17) is 5.26 Å². The molecule has 0 saturated heterocycles. The molecule has 7 heteroatoms. The molecule has 2 N–H and O–H groups in total. The van der Waals surface area contributed by atoms with E-state index in [9.17, 15) is 12.8 Å². The van der Waals surface area contributed by atoms with E-state index >= 15 is 0 Å². The first kappa shape index (κ1) is 18.4. The molecular formula is C20H16FN3O2S. The monoisotopic (exact) mass is 381 g/mol. The van der Waals surface area contributed by atoms with Gasteiger partial charge in [0.2, 0.25) is 0 Å². The van der Waals surface area contributed by atoms with Crippen LogP contribution in [0.15, 0.2) is 71.6 Å². The predicted molar refractivity (Wildman–Crippen MR) is 103 cm³/mol. The van der Waals surface area contributed by atoms with Crippen molar-refractivity contribution in [1.29, 1.82) is 5.26 Å². The maximum absolute atomic E-state index is 13.3. The normalized spacial score (nSPS) is 10.9. The van der Waals surface area contributed by atoms with Gasteiger partial charge >= 0.3 is 0 Å². The molecule has 0 saturated carbocycles. The molecule has 0 atom stereocenters. The Labute approximate surface area is 157 Å². The van der Waals surface area contributed by atoms with Gasteiger partial charge in [-0.15, -0.1) is 0 Å². The van der Waals surface area contributed by atoms with E-state index in [1.807, 2.05) is 6.07 Å². The lowest BCUT2D eigenvalue weighted by Crippen LogP contribution is -2.13. The predicted octanol–water partition coefficient (Wildman–Crippen LogP) is 4.55. The number of hydrogen-bond donors (Lipinski definition) is 2. The Morgan fingerprint density at radius 3 is 2.30 bits per heavy atom. The molecule has 0 aromatic heterocycles. The number of halogens is 1. The molecule has 5 nitrogen and oxygen atoms in total. The van der Waals surface area contributed by atoms with Gasteiger partial charge in [-0.3, -0.25) is 4.72 Å². The molecule has 0 aliphatic heterocycles. The van der Waals surface area contributed by atoms with Crippen LogP contribution in [0.3, 0.4) is 0 Å². The zero-order chi connectivity index (χ0) is 19.4.